The van der Waals surface area contributed by atoms with Crippen LogP contribution >= 0.6 is 0 Å². The Morgan fingerprint density at radius 3 is 2.41 bits per heavy atom. The van der Waals surface area contributed by atoms with E-state index in [4.69, 9.17) is 9.47 Å². The summed E-state index contributed by atoms with van der Waals surface area (Å²) < 4.78 is 10.7. The number of rotatable bonds is 4. The summed E-state index contributed by atoms with van der Waals surface area (Å²) in [5.74, 6) is -0.0205. The van der Waals surface area contributed by atoms with Gasteiger partial charge in [-0.3, -0.25) is 9.59 Å². The van der Waals surface area contributed by atoms with Crippen molar-refractivity contribution >= 4 is 23.1 Å². The lowest BCUT2D eigenvalue weighted by Crippen LogP contribution is -2.40. The van der Waals surface area contributed by atoms with E-state index >= 15 is 0 Å². The first kappa shape index (κ1) is 19.2. The number of ether oxygens (including phenoxy) is 2. The maximum atomic E-state index is 13.6. The third kappa shape index (κ3) is 3.40. The van der Waals surface area contributed by atoms with E-state index in [1.165, 1.54) is 4.90 Å². The molecule has 2 heterocycles. The average Bonchev–Trinajstić information content (AvgIpc) is 2.99. The second kappa shape index (κ2) is 7.72. The van der Waals surface area contributed by atoms with Crippen LogP contribution in [-0.4, -0.2) is 50.1 Å². The Morgan fingerprint density at radius 2 is 1.72 bits per heavy atom. The first-order chi connectivity index (χ1) is 14.0. The van der Waals surface area contributed by atoms with Gasteiger partial charge in [0.15, 0.2) is 0 Å². The van der Waals surface area contributed by atoms with Gasteiger partial charge >= 0.3 is 0 Å². The van der Waals surface area contributed by atoms with E-state index in [-0.39, 0.29) is 11.8 Å². The number of carbonyl (C=O) groups excluding carboxylic acids is 2. The molecule has 0 unspecified atom stereocenters. The molecule has 0 spiro atoms. The predicted octanol–water partition coefficient (Wildman–Crippen LogP) is 2.93. The van der Waals surface area contributed by atoms with Gasteiger partial charge in [0.1, 0.15) is 11.4 Å². The van der Waals surface area contributed by atoms with Gasteiger partial charge in [0.05, 0.1) is 31.6 Å². The molecular weight excluding hydrogens is 368 g/mol. The predicted molar refractivity (Wildman–Crippen MR) is 111 cm³/mol. The van der Waals surface area contributed by atoms with Crippen molar-refractivity contribution in [2.24, 2.45) is 0 Å². The van der Waals surface area contributed by atoms with Crippen LogP contribution in [0.25, 0.3) is 5.57 Å². The summed E-state index contributed by atoms with van der Waals surface area (Å²) in [6.07, 6.45) is 0. The van der Waals surface area contributed by atoms with E-state index < -0.39 is 0 Å². The number of aryl methyl sites for hydroxylation is 2. The Hall–Kier alpha value is -3.12. The van der Waals surface area contributed by atoms with Gasteiger partial charge in [-0.1, -0.05) is 29.8 Å². The minimum absolute atomic E-state index is 0.305. The fraction of sp³-hybridized carbons (Fsp3) is 0.304. The molecule has 2 aliphatic rings. The van der Waals surface area contributed by atoms with Crippen LogP contribution in [0.3, 0.4) is 0 Å². The van der Waals surface area contributed by atoms with Gasteiger partial charge < -0.3 is 14.4 Å². The van der Waals surface area contributed by atoms with Crippen LogP contribution in [0.5, 0.6) is 5.75 Å². The second-order valence-electron chi connectivity index (χ2n) is 7.29. The Labute approximate surface area is 170 Å². The van der Waals surface area contributed by atoms with Gasteiger partial charge in [-0.25, -0.2) is 4.90 Å². The zero-order chi connectivity index (χ0) is 20.5. The zero-order valence-corrected chi connectivity index (χ0v) is 16.9. The lowest BCUT2D eigenvalue weighted by molar-refractivity contribution is -0.121. The van der Waals surface area contributed by atoms with Gasteiger partial charge in [-0.05, 0) is 37.1 Å². The van der Waals surface area contributed by atoms with Crippen LogP contribution in [0.15, 0.2) is 48.2 Å². The molecule has 2 aliphatic heterocycles. The van der Waals surface area contributed by atoms with Crippen LogP contribution in [0.4, 0.5) is 5.69 Å². The third-order valence-electron chi connectivity index (χ3n) is 5.35. The van der Waals surface area contributed by atoms with E-state index in [9.17, 15) is 9.59 Å². The number of morpholine rings is 1. The summed E-state index contributed by atoms with van der Waals surface area (Å²) in [5, 5.41) is 0. The maximum Gasteiger partial charge on any atom is 0.282 e. The number of methoxy groups -OCH3 is 1. The summed E-state index contributed by atoms with van der Waals surface area (Å²) in [7, 11) is 1.56. The molecule has 2 aromatic carbocycles. The molecule has 0 bridgehead atoms. The first-order valence-electron chi connectivity index (χ1n) is 9.68. The number of benzene rings is 2. The van der Waals surface area contributed by atoms with E-state index in [1.54, 1.807) is 31.4 Å². The van der Waals surface area contributed by atoms with Crippen molar-refractivity contribution in [2.45, 2.75) is 13.8 Å². The van der Waals surface area contributed by atoms with Gasteiger partial charge in [0, 0.05) is 19.2 Å². The van der Waals surface area contributed by atoms with Crippen LogP contribution in [0, 0.1) is 13.8 Å². The van der Waals surface area contributed by atoms with Crippen molar-refractivity contribution in [1.82, 2.24) is 4.90 Å². The number of hydrogen-bond donors (Lipinski definition) is 0. The van der Waals surface area contributed by atoms with E-state index in [0.29, 0.717) is 49.0 Å². The molecule has 2 amide bonds. The topological polar surface area (TPSA) is 59.1 Å². The molecule has 0 aromatic heterocycles. The molecule has 0 atom stereocenters. The fourth-order valence-corrected chi connectivity index (χ4v) is 3.92. The lowest BCUT2D eigenvalue weighted by Gasteiger charge is -2.29. The van der Waals surface area contributed by atoms with E-state index in [0.717, 1.165) is 16.7 Å². The quantitative estimate of drug-likeness (QED) is 0.749. The average molecular weight is 392 g/mol. The molecule has 0 N–H and O–H groups in total. The molecule has 0 radical (unpaired) electrons. The monoisotopic (exact) mass is 392 g/mol. The number of amides is 2. The molecule has 6 heteroatoms. The van der Waals surface area contributed by atoms with E-state index in [2.05, 4.69) is 0 Å². The van der Waals surface area contributed by atoms with Crippen LogP contribution in [-0.2, 0) is 14.3 Å². The van der Waals surface area contributed by atoms with Gasteiger partial charge in [0.25, 0.3) is 11.8 Å². The summed E-state index contributed by atoms with van der Waals surface area (Å²) in [6.45, 7) is 6.20. The molecule has 0 aliphatic carbocycles. The number of carbonyl (C=O) groups is 2. The number of imide groups is 1. The summed E-state index contributed by atoms with van der Waals surface area (Å²) in [5.41, 5.74) is 4.29. The minimum Gasteiger partial charge on any atom is -0.497 e. The van der Waals surface area contributed by atoms with Crippen LogP contribution in [0.1, 0.15) is 16.7 Å². The lowest BCUT2D eigenvalue weighted by atomic mass is 9.97. The zero-order valence-electron chi connectivity index (χ0n) is 16.9. The Kier molecular flexibility index (Phi) is 5.11. The SMILES string of the molecule is COc1cccc(N2C(=O)C(c3ccc(C)cc3C)=C(N3CCOCC3)C2=O)c1. The molecule has 1 fully saturated rings. The highest BCUT2D eigenvalue weighted by Crippen LogP contribution is 2.37. The number of hydrogen-bond acceptors (Lipinski definition) is 5. The van der Waals surface area contributed by atoms with Crippen molar-refractivity contribution in [3.8, 4) is 5.75 Å². The molecule has 29 heavy (non-hydrogen) atoms. The van der Waals surface area contributed by atoms with Crippen molar-refractivity contribution in [3.63, 3.8) is 0 Å². The second-order valence-corrected chi connectivity index (χ2v) is 7.29. The first-order valence-corrected chi connectivity index (χ1v) is 9.68. The molecule has 1 saturated heterocycles. The molecule has 2 aromatic rings. The van der Waals surface area contributed by atoms with E-state index in [1.807, 2.05) is 36.9 Å². The van der Waals surface area contributed by atoms with Crippen molar-refractivity contribution in [2.75, 3.05) is 38.3 Å². The Bertz CT molecular complexity index is 1010. The molecule has 0 saturated carbocycles. The molecular formula is C23H24N2O4. The van der Waals surface area contributed by atoms with Gasteiger partial charge in [-0.15, -0.1) is 0 Å². The van der Waals surface area contributed by atoms with Gasteiger partial charge in [-0.2, -0.15) is 0 Å². The molecule has 150 valence electrons. The van der Waals surface area contributed by atoms with Crippen molar-refractivity contribution in [3.05, 3.63) is 64.9 Å². The smallest absolute Gasteiger partial charge is 0.282 e. The highest BCUT2D eigenvalue weighted by molar-refractivity contribution is 6.45. The van der Waals surface area contributed by atoms with Crippen molar-refractivity contribution in [1.29, 1.82) is 0 Å². The number of nitrogens with zero attached hydrogens (tertiary/aromatic N) is 2. The molecule has 6 nitrogen and oxygen atoms in total. The third-order valence-corrected chi connectivity index (χ3v) is 5.35. The number of anilines is 1. The molecule has 4 rings (SSSR count). The largest absolute Gasteiger partial charge is 0.497 e. The van der Waals surface area contributed by atoms with Crippen LogP contribution in [0.2, 0.25) is 0 Å². The Morgan fingerprint density at radius 1 is 0.966 bits per heavy atom. The maximum absolute atomic E-state index is 13.6. The summed E-state index contributed by atoms with van der Waals surface area (Å²) in [6, 6.07) is 13.0. The highest BCUT2D eigenvalue weighted by atomic mass is 16.5. The highest BCUT2D eigenvalue weighted by Gasteiger charge is 2.43. The normalized spacial score (nSPS) is 17.3. The van der Waals surface area contributed by atoms with Crippen molar-refractivity contribution < 1.29 is 19.1 Å². The van der Waals surface area contributed by atoms with Crippen LogP contribution < -0.4 is 9.64 Å². The minimum atomic E-state index is -0.309. The standard InChI is InChI=1S/C23H24N2O4/c1-15-7-8-19(16(2)13-15)20-21(24-9-11-29-12-10-24)23(27)25(22(20)26)17-5-4-6-18(14-17)28-3/h4-8,13-14H,9-12H2,1-3H3. The summed E-state index contributed by atoms with van der Waals surface area (Å²) >= 11 is 0. The summed E-state index contributed by atoms with van der Waals surface area (Å²) in [4.78, 5) is 30.3. The fourth-order valence-electron chi connectivity index (χ4n) is 3.92. The van der Waals surface area contributed by atoms with Gasteiger partial charge in [0.2, 0.25) is 0 Å². The Balaban J connectivity index is 1.85.